The molecular weight excluding hydrogens is 375 g/mol. The first-order chi connectivity index (χ1) is 9.29. The van der Waals surface area contributed by atoms with Crippen LogP contribution in [0, 0.1) is 5.82 Å². The molecule has 0 aliphatic heterocycles. The molecule has 0 aliphatic rings. The summed E-state index contributed by atoms with van der Waals surface area (Å²) in [5.74, 6) is -1.15. The van der Waals surface area contributed by atoms with E-state index in [2.05, 4.69) is 30.6 Å². The van der Waals surface area contributed by atoms with Crippen molar-refractivity contribution < 1.29 is 12.8 Å². The SMILES string of the molecule is Nc1cc(Cl)c(F)c(S(=O)(=O)Nc2cnc(Br)cn2)c1. The Kier molecular flexibility index (Phi) is 4.11. The fourth-order valence-corrected chi connectivity index (χ4v) is 2.95. The Morgan fingerprint density at radius 3 is 2.60 bits per heavy atom. The summed E-state index contributed by atoms with van der Waals surface area (Å²) in [5, 5.41) is -0.382. The maximum absolute atomic E-state index is 13.8. The summed E-state index contributed by atoms with van der Waals surface area (Å²) in [7, 11) is -4.21. The molecular formula is C10H7BrClFN4O2S. The molecule has 6 nitrogen and oxygen atoms in total. The van der Waals surface area contributed by atoms with Crippen molar-refractivity contribution in [2.24, 2.45) is 0 Å². The second-order valence-electron chi connectivity index (χ2n) is 3.64. The minimum Gasteiger partial charge on any atom is -0.399 e. The van der Waals surface area contributed by atoms with Crippen LogP contribution in [0.25, 0.3) is 0 Å². The number of nitrogens with two attached hydrogens (primary N) is 1. The predicted octanol–water partition coefficient (Wildman–Crippen LogP) is 2.41. The van der Waals surface area contributed by atoms with Gasteiger partial charge in [-0.2, -0.15) is 0 Å². The topological polar surface area (TPSA) is 98.0 Å². The lowest BCUT2D eigenvalue weighted by Gasteiger charge is -2.09. The molecule has 0 fully saturated rings. The number of nitrogens with one attached hydrogen (secondary N) is 1. The van der Waals surface area contributed by atoms with Gasteiger partial charge in [-0.1, -0.05) is 11.6 Å². The van der Waals surface area contributed by atoms with Crippen LogP contribution in [0.5, 0.6) is 0 Å². The van der Waals surface area contributed by atoms with Crippen molar-refractivity contribution in [3.8, 4) is 0 Å². The van der Waals surface area contributed by atoms with E-state index in [4.69, 9.17) is 17.3 Å². The first-order valence-electron chi connectivity index (χ1n) is 5.04. The molecule has 0 bridgehead atoms. The van der Waals surface area contributed by atoms with E-state index in [0.717, 1.165) is 12.1 Å². The lowest BCUT2D eigenvalue weighted by molar-refractivity contribution is 0.570. The molecule has 0 saturated heterocycles. The highest BCUT2D eigenvalue weighted by molar-refractivity contribution is 9.10. The molecule has 3 N–H and O–H groups in total. The molecule has 0 spiro atoms. The first-order valence-corrected chi connectivity index (χ1v) is 7.70. The molecule has 1 aromatic carbocycles. The smallest absolute Gasteiger partial charge is 0.266 e. The van der Waals surface area contributed by atoms with Crippen molar-refractivity contribution in [2.75, 3.05) is 10.5 Å². The van der Waals surface area contributed by atoms with Crippen LogP contribution in [0.15, 0.2) is 34.0 Å². The Balaban J connectivity index is 2.43. The van der Waals surface area contributed by atoms with Gasteiger partial charge in [-0.15, -0.1) is 0 Å². The van der Waals surface area contributed by atoms with Gasteiger partial charge in [0, 0.05) is 5.69 Å². The van der Waals surface area contributed by atoms with Crippen molar-refractivity contribution in [1.29, 1.82) is 0 Å². The van der Waals surface area contributed by atoms with Crippen LogP contribution in [-0.4, -0.2) is 18.4 Å². The molecule has 0 unspecified atom stereocenters. The molecule has 0 radical (unpaired) electrons. The average Bonchev–Trinajstić information content (AvgIpc) is 2.36. The first kappa shape index (κ1) is 14.9. The number of nitrogens with zero attached hydrogens (tertiary/aromatic N) is 2. The van der Waals surface area contributed by atoms with Crippen LogP contribution >= 0.6 is 27.5 Å². The van der Waals surface area contributed by atoms with E-state index in [-0.39, 0.29) is 16.5 Å². The fourth-order valence-electron chi connectivity index (χ4n) is 1.34. The van der Waals surface area contributed by atoms with E-state index in [1.165, 1.54) is 12.4 Å². The van der Waals surface area contributed by atoms with E-state index >= 15 is 0 Å². The predicted molar refractivity (Wildman–Crippen MR) is 76.4 cm³/mol. The summed E-state index contributed by atoms with van der Waals surface area (Å²) in [5.41, 5.74) is 5.49. The summed E-state index contributed by atoms with van der Waals surface area (Å²) < 4.78 is 40.4. The molecule has 10 heteroatoms. The number of hydrogen-bond acceptors (Lipinski definition) is 5. The monoisotopic (exact) mass is 380 g/mol. The third kappa shape index (κ3) is 3.17. The number of sulfonamides is 1. The van der Waals surface area contributed by atoms with Crippen molar-refractivity contribution in [2.45, 2.75) is 4.90 Å². The Morgan fingerprint density at radius 1 is 1.30 bits per heavy atom. The van der Waals surface area contributed by atoms with E-state index < -0.39 is 20.7 Å². The number of benzene rings is 1. The Labute approximate surface area is 127 Å². The maximum Gasteiger partial charge on any atom is 0.266 e. The molecule has 106 valence electrons. The summed E-state index contributed by atoms with van der Waals surface area (Å²) in [6.07, 6.45) is 2.47. The molecule has 2 aromatic rings. The van der Waals surface area contributed by atoms with Crippen LogP contribution in [0.1, 0.15) is 0 Å². The van der Waals surface area contributed by atoms with Crippen molar-refractivity contribution in [3.05, 3.63) is 40.0 Å². The van der Waals surface area contributed by atoms with Gasteiger partial charge in [0.2, 0.25) is 0 Å². The minimum atomic E-state index is -4.21. The van der Waals surface area contributed by atoms with Crippen molar-refractivity contribution in [3.63, 3.8) is 0 Å². The number of rotatable bonds is 3. The molecule has 20 heavy (non-hydrogen) atoms. The number of hydrogen-bond donors (Lipinski definition) is 2. The number of halogens is 3. The number of anilines is 2. The van der Waals surface area contributed by atoms with E-state index in [0.29, 0.717) is 4.60 Å². The Morgan fingerprint density at radius 2 is 2.00 bits per heavy atom. The zero-order chi connectivity index (χ0) is 14.9. The molecule has 0 saturated carbocycles. The normalized spacial score (nSPS) is 11.3. The third-order valence-corrected chi connectivity index (χ3v) is 4.20. The standard InChI is InChI=1S/C10H7BrClFN4O2S/c11-8-3-16-9(4-15-8)17-20(18,19)7-2-5(14)1-6(12)10(7)13/h1-4H,14H2,(H,16,17). The van der Waals surface area contributed by atoms with Gasteiger partial charge in [0.15, 0.2) is 11.6 Å². The van der Waals surface area contributed by atoms with Gasteiger partial charge in [-0.3, -0.25) is 4.72 Å². The summed E-state index contributed by atoms with van der Waals surface area (Å²) in [6, 6.07) is 2.09. The van der Waals surface area contributed by atoms with Gasteiger partial charge in [-0.05, 0) is 28.1 Å². The highest BCUT2D eigenvalue weighted by Gasteiger charge is 2.22. The third-order valence-electron chi connectivity index (χ3n) is 2.17. The lowest BCUT2D eigenvalue weighted by atomic mass is 10.3. The molecule has 1 aromatic heterocycles. The van der Waals surface area contributed by atoms with Gasteiger partial charge < -0.3 is 5.73 Å². The lowest BCUT2D eigenvalue weighted by Crippen LogP contribution is -2.16. The molecule has 1 heterocycles. The minimum absolute atomic E-state index is 0.0265. The van der Waals surface area contributed by atoms with Crippen LogP contribution < -0.4 is 10.5 Å². The second-order valence-corrected chi connectivity index (χ2v) is 6.52. The molecule has 0 amide bonds. The zero-order valence-corrected chi connectivity index (χ0v) is 12.8. The van der Waals surface area contributed by atoms with Gasteiger partial charge in [0.05, 0.1) is 17.4 Å². The number of nitrogen functional groups attached to an aromatic ring is 1. The van der Waals surface area contributed by atoms with Gasteiger partial charge >= 0.3 is 0 Å². The second kappa shape index (κ2) is 5.51. The Bertz CT molecular complexity index is 755. The average molecular weight is 382 g/mol. The highest BCUT2D eigenvalue weighted by atomic mass is 79.9. The van der Waals surface area contributed by atoms with Crippen LogP contribution in [0.3, 0.4) is 0 Å². The summed E-state index contributed by atoms with van der Waals surface area (Å²) >= 11 is 8.62. The van der Waals surface area contributed by atoms with Gasteiger partial charge in [-0.25, -0.2) is 22.8 Å². The van der Waals surface area contributed by atoms with Crippen molar-refractivity contribution >= 4 is 49.1 Å². The van der Waals surface area contributed by atoms with Crippen LogP contribution in [-0.2, 0) is 10.0 Å². The summed E-state index contributed by atoms with van der Waals surface area (Å²) in [6.45, 7) is 0. The van der Waals surface area contributed by atoms with Crippen LogP contribution in [0.4, 0.5) is 15.9 Å². The zero-order valence-electron chi connectivity index (χ0n) is 9.64. The largest absolute Gasteiger partial charge is 0.399 e. The van der Waals surface area contributed by atoms with Gasteiger partial charge in [0.25, 0.3) is 10.0 Å². The molecule has 2 rings (SSSR count). The fraction of sp³-hybridized carbons (Fsp3) is 0. The Hall–Kier alpha value is -1.45. The maximum atomic E-state index is 13.8. The molecule has 0 aliphatic carbocycles. The van der Waals surface area contributed by atoms with E-state index in [1.807, 2.05) is 0 Å². The van der Waals surface area contributed by atoms with E-state index in [1.54, 1.807) is 0 Å². The quantitative estimate of drug-likeness (QED) is 0.796. The van der Waals surface area contributed by atoms with E-state index in [9.17, 15) is 12.8 Å². The van der Waals surface area contributed by atoms with Crippen LogP contribution in [0.2, 0.25) is 5.02 Å². The van der Waals surface area contributed by atoms with Crippen molar-refractivity contribution in [1.82, 2.24) is 9.97 Å². The highest BCUT2D eigenvalue weighted by Crippen LogP contribution is 2.26. The molecule has 0 atom stereocenters. The number of aromatic nitrogens is 2. The van der Waals surface area contributed by atoms with Gasteiger partial charge in [0.1, 0.15) is 9.50 Å². The summed E-state index contributed by atoms with van der Waals surface area (Å²) in [4.78, 5) is 6.91.